The Morgan fingerprint density at radius 3 is 2.17 bits per heavy atom. The molecule has 3 aromatic carbocycles. The summed E-state index contributed by atoms with van der Waals surface area (Å²) < 4.78 is 104. The molecule has 0 amide bonds. The second-order valence-corrected chi connectivity index (χ2v) is 11.0. The molecule has 2 heterocycles. The van der Waals surface area contributed by atoms with Gasteiger partial charge in [-0.25, -0.2) is 13.2 Å². The molecular weight excluding hydrogens is 565 g/mol. The molecule has 4 aromatic rings. The Morgan fingerprint density at radius 1 is 0.952 bits per heavy atom. The number of nitrogens with zero attached hydrogens (tertiary/aromatic N) is 2. The molecule has 1 aliphatic heterocycles. The molecule has 6 nitrogen and oxygen atoms in total. The van der Waals surface area contributed by atoms with Crippen LogP contribution >= 0.6 is 0 Å². The second kappa shape index (κ2) is 10.2. The Labute approximate surface area is 237 Å². The summed E-state index contributed by atoms with van der Waals surface area (Å²) in [4.78, 5) is 16.4. The van der Waals surface area contributed by atoms with Crippen molar-refractivity contribution in [3.63, 3.8) is 0 Å². The maximum atomic E-state index is 14.5. The van der Waals surface area contributed by atoms with Gasteiger partial charge in [-0.15, -0.1) is 0 Å². The Kier molecular flexibility index (Phi) is 7.17. The SMILES string of the molecule is CC(c1c(F)cc(F)cc1F)n1cnc(=O)c2cc(Oc3cccc(B4OC(C)(C)C(C)(C)O4)c3C(F)(F)F)ccc21. The van der Waals surface area contributed by atoms with E-state index in [0.717, 1.165) is 12.4 Å². The van der Waals surface area contributed by atoms with Crippen molar-refractivity contribution < 1.29 is 40.4 Å². The number of rotatable bonds is 5. The highest BCUT2D eigenvalue weighted by Gasteiger charge is 2.54. The summed E-state index contributed by atoms with van der Waals surface area (Å²) in [5.41, 5.74) is -4.21. The van der Waals surface area contributed by atoms with E-state index in [4.69, 9.17) is 14.0 Å². The number of aromatic nitrogens is 2. The van der Waals surface area contributed by atoms with Crippen molar-refractivity contribution in [3.8, 4) is 11.5 Å². The first kappa shape index (κ1) is 29.7. The minimum atomic E-state index is -4.86. The number of fused-ring (bicyclic) bond motifs is 1. The summed E-state index contributed by atoms with van der Waals surface area (Å²) in [5.74, 6) is -4.03. The first-order valence-electron chi connectivity index (χ1n) is 12.9. The lowest BCUT2D eigenvalue weighted by Crippen LogP contribution is -2.41. The Morgan fingerprint density at radius 2 is 1.57 bits per heavy atom. The van der Waals surface area contributed by atoms with Gasteiger partial charge in [-0.1, -0.05) is 12.1 Å². The molecule has 1 atom stereocenters. The van der Waals surface area contributed by atoms with Crippen LogP contribution in [0.15, 0.2) is 59.7 Å². The Bertz CT molecular complexity index is 1720. The van der Waals surface area contributed by atoms with Gasteiger partial charge in [0, 0.05) is 17.7 Å². The van der Waals surface area contributed by atoms with Crippen molar-refractivity contribution >= 4 is 23.5 Å². The van der Waals surface area contributed by atoms with Gasteiger partial charge in [0.1, 0.15) is 29.0 Å². The van der Waals surface area contributed by atoms with E-state index in [0.29, 0.717) is 12.1 Å². The van der Waals surface area contributed by atoms with Crippen LogP contribution in [0.1, 0.15) is 51.8 Å². The number of ether oxygens (including phenoxy) is 1. The molecule has 13 heteroatoms. The van der Waals surface area contributed by atoms with Crippen molar-refractivity contribution in [1.29, 1.82) is 0 Å². The molecule has 1 aliphatic rings. The van der Waals surface area contributed by atoms with E-state index in [1.54, 1.807) is 27.7 Å². The van der Waals surface area contributed by atoms with Crippen LogP contribution < -0.4 is 15.8 Å². The molecule has 1 aromatic heterocycles. The molecule has 5 rings (SSSR count). The summed E-state index contributed by atoms with van der Waals surface area (Å²) >= 11 is 0. The largest absolute Gasteiger partial charge is 0.495 e. The smallest absolute Gasteiger partial charge is 0.457 e. The zero-order valence-electron chi connectivity index (χ0n) is 23.1. The van der Waals surface area contributed by atoms with E-state index >= 15 is 0 Å². The van der Waals surface area contributed by atoms with Crippen LogP contribution in [-0.4, -0.2) is 27.9 Å². The standard InChI is InChI=1S/C29H25BF6N2O4/c1-15(24-20(32)11-16(31)12-21(24)33)38-14-37-26(39)18-13-17(9-10-22(18)38)40-23-8-6-7-19(25(23)29(34,35)36)30-41-27(2,3)28(4,5)42-30/h6-15H,1-5H3. The molecule has 220 valence electrons. The molecule has 1 saturated heterocycles. The normalized spacial score (nSPS) is 17.1. The maximum absolute atomic E-state index is 14.5. The van der Waals surface area contributed by atoms with Crippen LogP contribution in [-0.2, 0) is 15.5 Å². The van der Waals surface area contributed by atoms with Crippen LogP contribution in [0.4, 0.5) is 26.3 Å². The minimum absolute atomic E-state index is 0.0829. The minimum Gasteiger partial charge on any atom is -0.457 e. The molecule has 0 radical (unpaired) electrons. The first-order valence-corrected chi connectivity index (χ1v) is 12.9. The Hall–Kier alpha value is -3.84. The highest BCUT2D eigenvalue weighted by Crippen LogP contribution is 2.41. The van der Waals surface area contributed by atoms with Crippen LogP contribution in [0, 0.1) is 17.5 Å². The third-order valence-electron chi connectivity index (χ3n) is 7.73. The Balaban J connectivity index is 1.56. The summed E-state index contributed by atoms with van der Waals surface area (Å²) in [6.07, 6.45) is -3.78. The van der Waals surface area contributed by atoms with Crippen molar-refractivity contribution in [2.24, 2.45) is 0 Å². The summed E-state index contributed by atoms with van der Waals surface area (Å²) in [7, 11) is -1.32. The van der Waals surface area contributed by atoms with Crippen molar-refractivity contribution in [2.45, 2.75) is 58.0 Å². The molecule has 0 bridgehead atoms. The average molecular weight is 590 g/mol. The van der Waals surface area contributed by atoms with Gasteiger partial charge in [0.25, 0.3) is 5.56 Å². The lowest BCUT2D eigenvalue weighted by molar-refractivity contribution is -0.137. The fraction of sp³-hybridized carbons (Fsp3) is 0.310. The van der Waals surface area contributed by atoms with Gasteiger partial charge in [-0.3, -0.25) is 4.79 Å². The highest BCUT2D eigenvalue weighted by atomic mass is 19.4. The number of hydrogen-bond acceptors (Lipinski definition) is 5. The van der Waals surface area contributed by atoms with Gasteiger partial charge in [0.05, 0.1) is 40.0 Å². The molecule has 0 spiro atoms. The fourth-order valence-electron chi connectivity index (χ4n) is 4.85. The van der Waals surface area contributed by atoms with Gasteiger partial charge >= 0.3 is 13.3 Å². The lowest BCUT2D eigenvalue weighted by Gasteiger charge is -2.32. The predicted octanol–water partition coefficient (Wildman–Crippen LogP) is 6.53. The quantitative estimate of drug-likeness (QED) is 0.195. The molecular formula is C29H25BF6N2O4. The van der Waals surface area contributed by atoms with E-state index in [2.05, 4.69) is 4.98 Å². The van der Waals surface area contributed by atoms with E-state index in [1.165, 1.54) is 41.8 Å². The zero-order valence-corrected chi connectivity index (χ0v) is 23.1. The van der Waals surface area contributed by atoms with Crippen molar-refractivity contribution in [2.75, 3.05) is 0 Å². The second-order valence-electron chi connectivity index (χ2n) is 11.0. The van der Waals surface area contributed by atoms with Gasteiger partial charge in [0.15, 0.2) is 0 Å². The van der Waals surface area contributed by atoms with Gasteiger partial charge in [-0.2, -0.15) is 18.2 Å². The molecule has 1 unspecified atom stereocenters. The third kappa shape index (κ3) is 5.15. The number of hydrogen-bond donors (Lipinski definition) is 0. The topological polar surface area (TPSA) is 62.6 Å². The monoisotopic (exact) mass is 590 g/mol. The van der Waals surface area contributed by atoms with Gasteiger partial charge in [0.2, 0.25) is 0 Å². The summed E-state index contributed by atoms with van der Waals surface area (Å²) in [6.45, 7) is 8.30. The predicted molar refractivity (Wildman–Crippen MR) is 143 cm³/mol. The molecule has 42 heavy (non-hydrogen) atoms. The highest BCUT2D eigenvalue weighted by molar-refractivity contribution is 6.62. The maximum Gasteiger partial charge on any atom is 0.495 e. The van der Waals surface area contributed by atoms with E-state index in [1.807, 2.05) is 0 Å². The van der Waals surface area contributed by atoms with Crippen LogP contribution in [0.2, 0.25) is 0 Å². The average Bonchev–Trinajstić information content (AvgIpc) is 3.09. The summed E-state index contributed by atoms with van der Waals surface area (Å²) in [5, 5.41) is -0.0829. The molecule has 1 fully saturated rings. The van der Waals surface area contributed by atoms with E-state index < -0.39 is 70.4 Å². The van der Waals surface area contributed by atoms with E-state index in [-0.39, 0.29) is 22.1 Å². The molecule has 0 aliphatic carbocycles. The molecule has 0 saturated carbocycles. The van der Waals surface area contributed by atoms with Gasteiger partial charge < -0.3 is 18.6 Å². The fourth-order valence-corrected chi connectivity index (χ4v) is 4.85. The lowest BCUT2D eigenvalue weighted by atomic mass is 9.75. The van der Waals surface area contributed by atoms with E-state index in [9.17, 15) is 31.1 Å². The number of halogens is 6. The third-order valence-corrected chi connectivity index (χ3v) is 7.73. The van der Waals surface area contributed by atoms with Gasteiger partial charge in [-0.05, 0) is 64.3 Å². The number of benzene rings is 3. The molecule has 0 N–H and O–H groups in total. The van der Waals surface area contributed by atoms with Crippen LogP contribution in [0.5, 0.6) is 11.5 Å². The van der Waals surface area contributed by atoms with Crippen LogP contribution in [0.3, 0.4) is 0 Å². The zero-order chi connectivity index (χ0) is 30.8. The van der Waals surface area contributed by atoms with Crippen LogP contribution in [0.25, 0.3) is 10.9 Å². The van der Waals surface area contributed by atoms with Crippen molar-refractivity contribution in [1.82, 2.24) is 9.55 Å². The first-order chi connectivity index (χ1) is 19.5. The van der Waals surface area contributed by atoms with Crippen molar-refractivity contribution in [3.05, 3.63) is 93.8 Å². The summed E-state index contributed by atoms with van der Waals surface area (Å²) in [6, 6.07) is 7.60. The number of alkyl halides is 3.